The number of nitrogen functional groups attached to an aromatic ring is 1. The van der Waals surface area contributed by atoms with Crippen LogP contribution in [0.1, 0.15) is 6.42 Å². The topological polar surface area (TPSA) is 67.1 Å². The molecule has 3 N–H and O–H groups in total. The Morgan fingerprint density at radius 2 is 2.18 bits per heavy atom. The first-order valence-corrected chi connectivity index (χ1v) is 4.98. The minimum Gasteiger partial charge on any atom is -0.358 e. The van der Waals surface area contributed by atoms with Crippen molar-refractivity contribution in [3.8, 4) is 0 Å². The summed E-state index contributed by atoms with van der Waals surface area (Å²) < 4.78 is 36.2. The van der Waals surface area contributed by atoms with Crippen molar-refractivity contribution < 1.29 is 13.2 Å². The van der Waals surface area contributed by atoms with Crippen molar-refractivity contribution >= 4 is 23.4 Å². The summed E-state index contributed by atoms with van der Waals surface area (Å²) in [6.45, 7) is -0.246. The third kappa shape index (κ3) is 4.23. The Bertz CT molecular complexity index is 384. The third-order valence-corrected chi connectivity index (χ3v) is 2.21. The lowest BCUT2D eigenvalue weighted by molar-refractivity contribution is -0.132. The number of hydrogen-bond donors (Lipinski definition) is 2. The summed E-state index contributed by atoms with van der Waals surface area (Å²) in [5, 5.41) is 0.161. The van der Waals surface area contributed by atoms with Crippen LogP contribution >= 0.6 is 11.6 Å². The Hall–Kier alpha value is -1.28. The second-order valence-corrected chi connectivity index (χ2v) is 3.70. The first-order valence-electron chi connectivity index (χ1n) is 4.60. The molecular weight excluding hydrogens is 259 g/mol. The smallest absolute Gasteiger partial charge is 0.358 e. The van der Waals surface area contributed by atoms with E-state index in [0.29, 0.717) is 0 Å². The Labute approximate surface area is 101 Å². The van der Waals surface area contributed by atoms with Crippen molar-refractivity contribution in [3.05, 3.63) is 11.2 Å². The van der Waals surface area contributed by atoms with Crippen LogP contribution in [0.25, 0.3) is 0 Å². The molecule has 0 aromatic carbocycles. The van der Waals surface area contributed by atoms with Gasteiger partial charge in [-0.2, -0.15) is 18.2 Å². The molecule has 0 amide bonds. The molecule has 0 aliphatic rings. The lowest BCUT2D eigenvalue weighted by atomic mass is 10.4. The van der Waals surface area contributed by atoms with Gasteiger partial charge in [-0.15, -0.1) is 0 Å². The van der Waals surface area contributed by atoms with E-state index in [4.69, 9.17) is 17.4 Å². The van der Waals surface area contributed by atoms with E-state index in [1.54, 1.807) is 0 Å². The van der Waals surface area contributed by atoms with Gasteiger partial charge in [-0.05, 0) is 0 Å². The maximum atomic E-state index is 12.1. The Morgan fingerprint density at radius 1 is 1.53 bits per heavy atom. The Balaban J connectivity index is 2.77. The van der Waals surface area contributed by atoms with E-state index >= 15 is 0 Å². The van der Waals surface area contributed by atoms with Crippen LogP contribution in [-0.4, -0.2) is 29.7 Å². The number of anilines is 2. The minimum absolute atomic E-state index is 0.0864. The van der Waals surface area contributed by atoms with E-state index in [0.717, 1.165) is 0 Å². The highest BCUT2D eigenvalue weighted by Gasteiger charge is 2.27. The number of hydrazine groups is 1. The lowest BCUT2D eigenvalue weighted by Crippen LogP contribution is -2.25. The zero-order valence-corrected chi connectivity index (χ0v) is 9.68. The minimum atomic E-state index is -4.22. The average molecular weight is 270 g/mol. The molecular formula is C8H11ClF3N5. The highest BCUT2D eigenvalue weighted by atomic mass is 35.5. The number of alkyl halides is 3. The number of hydrogen-bond acceptors (Lipinski definition) is 5. The number of halogens is 4. The molecule has 0 fully saturated rings. The molecule has 9 heteroatoms. The molecule has 96 valence electrons. The van der Waals surface area contributed by atoms with Gasteiger partial charge in [-0.1, -0.05) is 11.6 Å². The van der Waals surface area contributed by atoms with Gasteiger partial charge in [-0.3, -0.25) is 5.43 Å². The van der Waals surface area contributed by atoms with Crippen LogP contribution in [0, 0.1) is 0 Å². The molecule has 5 nitrogen and oxygen atoms in total. The molecule has 0 atom stereocenters. The van der Waals surface area contributed by atoms with Gasteiger partial charge in [0, 0.05) is 13.6 Å². The summed E-state index contributed by atoms with van der Waals surface area (Å²) in [5.41, 5.74) is 2.19. The molecule has 0 aliphatic heterocycles. The standard InChI is InChI=1S/C8H11ClF3N5/c1-17(3-2-8(10,11)12)6-5(9)4-14-7(15-6)16-13/h4H,2-3,13H2,1H3,(H,14,15,16). The average Bonchev–Trinajstić information content (AvgIpc) is 2.25. The zero-order chi connectivity index (χ0) is 13.1. The van der Waals surface area contributed by atoms with Crippen molar-refractivity contribution in [2.75, 3.05) is 23.9 Å². The van der Waals surface area contributed by atoms with E-state index in [9.17, 15) is 13.2 Å². The van der Waals surface area contributed by atoms with E-state index in [-0.39, 0.29) is 23.3 Å². The SMILES string of the molecule is CN(CCC(F)(F)F)c1nc(NN)ncc1Cl. The quantitative estimate of drug-likeness (QED) is 0.644. The van der Waals surface area contributed by atoms with Gasteiger partial charge in [0.2, 0.25) is 5.95 Å². The Kier molecular flexibility index (Phi) is 4.35. The number of nitrogens with zero attached hydrogens (tertiary/aromatic N) is 3. The molecule has 1 aromatic rings. The number of nitrogens with two attached hydrogens (primary N) is 1. The molecule has 0 saturated heterocycles. The second kappa shape index (κ2) is 5.37. The summed E-state index contributed by atoms with van der Waals surface area (Å²) >= 11 is 5.78. The molecule has 0 aliphatic carbocycles. The number of nitrogens with one attached hydrogen (secondary N) is 1. The van der Waals surface area contributed by atoms with Gasteiger partial charge in [0.25, 0.3) is 0 Å². The summed E-state index contributed by atoms with van der Waals surface area (Å²) in [4.78, 5) is 8.88. The van der Waals surface area contributed by atoms with Gasteiger partial charge in [0.15, 0.2) is 5.82 Å². The van der Waals surface area contributed by atoms with Crippen molar-refractivity contribution in [2.45, 2.75) is 12.6 Å². The first kappa shape index (κ1) is 13.8. The summed E-state index contributed by atoms with van der Waals surface area (Å²) in [6.07, 6.45) is -3.90. The lowest BCUT2D eigenvalue weighted by Gasteiger charge is -2.20. The third-order valence-electron chi connectivity index (χ3n) is 1.95. The summed E-state index contributed by atoms with van der Waals surface area (Å²) in [5.74, 6) is 5.38. The normalized spacial score (nSPS) is 11.4. The van der Waals surface area contributed by atoms with E-state index in [2.05, 4.69) is 15.4 Å². The molecule has 1 heterocycles. The van der Waals surface area contributed by atoms with Gasteiger partial charge < -0.3 is 4.90 Å². The van der Waals surface area contributed by atoms with Gasteiger partial charge in [-0.25, -0.2) is 10.8 Å². The highest BCUT2D eigenvalue weighted by molar-refractivity contribution is 6.32. The molecule has 0 bridgehead atoms. The molecule has 0 spiro atoms. The fourth-order valence-corrected chi connectivity index (χ4v) is 1.33. The van der Waals surface area contributed by atoms with Crippen molar-refractivity contribution in [1.82, 2.24) is 9.97 Å². The van der Waals surface area contributed by atoms with Gasteiger partial charge >= 0.3 is 6.18 Å². The highest BCUT2D eigenvalue weighted by Crippen LogP contribution is 2.25. The molecule has 1 rings (SSSR count). The predicted octanol–water partition coefficient (Wildman–Crippen LogP) is 1.80. The number of aromatic nitrogens is 2. The molecule has 0 radical (unpaired) electrons. The molecule has 1 aromatic heterocycles. The van der Waals surface area contributed by atoms with Gasteiger partial charge in [0.1, 0.15) is 5.02 Å². The van der Waals surface area contributed by atoms with Crippen LogP contribution in [0.4, 0.5) is 24.9 Å². The second-order valence-electron chi connectivity index (χ2n) is 3.30. The van der Waals surface area contributed by atoms with Crippen molar-refractivity contribution in [2.24, 2.45) is 5.84 Å². The van der Waals surface area contributed by atoms with E-state index in [1.807, 2.05) is 0 Å². The van der Waals surface area contributed by atoms with Gasteiger partial charge in [0.05, 0.1) is 12.6 Å². The predicted molar refractivity (Wildman–Crippen MR) is 58.8 cm³/mol. The zero-order valence-electron chi connectivity index (χ0n) is 8.92. The monoisotopic (exact) mass is 269 g/mol. The summed E-state index contributed by atoms with van der Waals surface area (Å²) in [7, 11) is 1.46. The van der Waals surface area contributed by atoms with Crippen LogP contribution in [0.3, 0.4) is 0 Å². The van der Waals surface area contributed by atoms with Crippen LogP contribution in [0.5, 0.6) is 0 Å². The maximum absolute atomic E-state index is 12.1. The largest absolute Gasteiger partial charge is 0.390 e. The summed E-state index contributed by atoms with van der Waals surface area (Å²) in [6, 6.07) is 0. The molecule has 0 unspecified atom stereocenters. The van der Waals surface area contributed by atoms with E-state index < -0.39 is 12.6 Å². The number of rotatable bonds is 4. The Morgan fingerprint density at radius 3 is 2.71 bits per heavy atom. The molecule has 0 saturated carbocycles. The maximum Gasteiger partial charge on any atom is 0.390 e. The first-order chi connectivity index (χ1) is 7.83. The van der Waals surface area contributed by atoms with Crippen LogP contribution < -0.4 is 16.2 Å². The van der Waals surface area contributed by atoms with Crippen molar-refractivity contribution in [1.29, 1.82) is 0 Å². The fraction of sp³-hybridized carbons (Fsp3) is 0.500. The fourth-order valence-electron chi connectivity index (χ4n) is 1.10. The van der Waals surface area contributed by atoms with Crippen molar-refractivity contribution in [3.63, 3.8) is 0 Å². The van der Waals surface area contributed by atoms with Crippen LogP contribution in [-0.2, 0) is 0 Å². The van der Waals surface area contributed by atoms with Crippen LogP contribution in [0.15, 0.2) is 6.20 Å². The molecule has 17 heavy (non-hydrogen) atoms. The van der Waals surface area contributed by atoms with Crippen LogP contribution in [0.2, 0.25) is 5.02 Å². The van der Waals surface area contributed by atoms with E-state index in [1.165, 1.54) is 18.1 Å².